The van der Waals surface area contributed by atoms with Crippen LogP contribution in [-0.4, -0.2) is 19.2 Å². The first-order valence-electron chi connectivity index (χ1n) is 7.70. The van der Waals surface area contributed by atoms with Crippen molar-refractivity contribution < 1.29 is 9.53 Å². The number of carbonyl (C=O) groups is 1. The van der Waals surface area contributed by atoms with Crippen LogP contribution in [0.3, 0.4) is 0 Å². The molecule has 114 valence electrons. The number of anilines is 1. The summed E-state index contributed by atoms with van der Waals surface area (Å²) < 4.78 is 5.27. The van der Waals surface area contributed by atoms with Crippen LogP contribution in [0.5, 0.6) is 0 Å². The van der Waals surface area contributed by atoms with E-state index in [1.807, 2.05) is 12.1 Å². The molecule has 0 aromatic heterocycles. The van der Waals surface area contributed by atoms with Crippen molar-refractivity contribution in [1.82, 2.24) is 5.32 Å². The van der Waals surface area contributed by atoms with Gasteiger partial charge in [0.2, 0.25) is 0 Å². The Hall–Kier alpha value is -1.81. The minimum Gasteiger partial charge on any atom is -0.381 e. The van der Waals surface area contributed by atoms with Gasteiger partial charge in [0.15, 0.2) is 0 Å². The molecule has 0 atom stereocenters. The van der Waals surface area contributed by atoms with E-state index < -0.39 is 0 Å². The van der Waals surface area contributed by atoms with Crippen LogP contribution in [0.4, 0.5) is 10.5 Å². The Morgan fingerprint density at radius 2 is 1.95 bits per heavy atom. The molecule has 4 nitrogen and oxygen atoms in total. The molecule has 2 amide bonds. The lowest BCUT2D eigenvalue weighted by molar-refractivity contribution is 0.119. The molecule has 4 heteroatoms. The zero-order valence-electron chi connectivity index (χ0n) is 12.7. The average molecular weight is 288 g/mol. The second-order valence-corrected chi connectivity index (χ2v) is 5.31. The van der Waals surface area contributed by atoms with Gasteiger partial charge in [0.25, 0.3) is 0 Å². The summed E-state index contributed by atoms with van der Waals surface area (Å²) in [6.45, 7) is 3.68. The summed E-state index contributed by atoms with van der Waals surface area (Å²) >= 11 is 0. The number of ether oxygens (including phenoxy) is 1. The largest absolute Gasteiger partial charge is 0.381 e. The van der Waals surface area contributed by atoms with E-state index in [9.17, 15) is 4.79 Å². The van der Waals surface area contributed by atoms with Crippen LogP contribution in [0, 0.1) is 0 Å². The summed E-state index contributed by atoms with van der Waals surface area (Å²) in [5, 5.41) is 5.62. The SMILES string of the molecule is CCCCc1ccc(NC(=O)NC=C2CCOCC2)cc1. The van der Waals surface area contributed by atoms with Gasteiger partial charge < -0.3 is 15.4 Å². The minimum absolute atomic E-state index is 0.199. The third kappa shape index (κ3) is 5.60. The van der Waals surface area contributed by atoms with Crippen molar-refractivity contribution in [3.8, 4) is 0 Å². The van der Waals surface area contributed by atoms with E-state index >= 15 is 0 Å². The molecule has 1 aliphatic rings. The maximum absolute atomic E-state index is 11.8. The molecular weight excluding hydrogens is 264 g/mol. The highest BCUT2D eigenvalue weighted by atomic mass is 16.5. The van der Waals surface area contributed by atoms with E-state index in [0.29, 0.717) is 0 Å². The molecular formula is C17H24N2O2. The third-order valence-electron chi connectivity index (χ3n) is 3.57. The maximum Gasteiger partial charge on any atom is 0.323 e. The molecule has 1 aromatic rings. The van der Waals surface area contributed by atoms with E-state index in [0.717, 1.165) is 38.2 Å². The molecule has 0 aliphatic carbocycles. The van der Waals surface area contributed by atoms with Crippen molar-refractivity contribution in [3.63, 3.8) is 0 Å². The number of aryl methyl sites for hydroxylation is 1. The molecule has 0 spiro atoms. The second kappa shape index (κ2) is 8.47. The quantitative estimate of drug-likeness (QED) is 0.864. The van der Waals surface area contributed by atoms with Gasteiger partial charge in [-0.05, 0) is 49.0 Å². The van der Waals surface area contributed by atoms with Crippen LogP contribution >= 0.6 is 0 Å². The molecule has 0 bridgehead atoms. The summed E-state index contributed by atoms with van der Waals surface area (Å²) in [5.41, 5.74) is 3.36. The minimum atomic E-state index is -0.199. The van der Waals surface area contributed by atoms with Gasteiger partial charge in [-0.25, -0.2) is 4.79 Å². The van der Waals surface area contributed by atoms with Crippen LogP contribution in [-0.2, 0) is 11.2 Å². The first-order chi connectivity index (χ1) is 10.3. The van der Waals surface area contributed by atoms with Gasteiger partial charge in [-0.3, -0.25) is 0 Å². The first-order valence-corrected chi connectivity index (χ1v) is 7.70. The smallest absolute Gasteiger partial charge is 0.323 e. The predicted octanol–water partition coefficient (Wildman–Crippen LogP) is 3.85. The van der Waals surface area contributed by atoms with Gasteiger partial charge in [0.1, 0.15) is 0 Å². The number of nitrogens with one attached hydrogen (secondary N) is 2. The number of urea groups is 1. The topological polar surface area (TPSA) is 50.4 Å². The fourth-order valence-electron chi connectivity index (χ4n) is 2.25. The summed E-state index contributed by atoms with van der Waals surface area (Å²) in [6, 6.07) is 7.85. The number of carbonyl (C=O) groups excluding carboxylic acids is 1. The van der Waals surface area contributed by atoms with E-state index in [1.54, 1.807) is 6.20 Å². The first kappa shape index (κ1) is 15.6. The van der Waals surface area contributed by atoms with Crippen molar-refractivity contribution in [2.45, 2.75) is 39.0 Å². The van der Waals surface area contributed by atoms with Gasteiger partial charge in [-0.2, -0.15) is 0 Å². The number of amides is 2. The Balaban J connectivity index is 1.79. The van der Waals surface area contributed by atoms with Gasteiger partial charge in [0.05, 0.1) is 13.2 Å². The molecule has 1 aliphatic heterocycles. The average Bonchev–Trinajstić information content (AvgIpc) is 2.53. The van der Waals surface area contributed by atoms with Crippen molar-refractivity contribution in [2.24, 2.45) is 0 Å². The van der Waals surface area contributed by atoms with Crippen molar-refractivity contribution in [2.75, 3.05) is 18.5 Å². The summed E-state index contributed by atoms with van der Waals surface area (Å²) in [4.78, 5) is 11.8. The van der Waals surface area contributed by atoms with Gasteiger partial charge in [-0.1, -0.05) is 25.5 Å². The molecule has 1 aromatic carbocycles. The molecule has 1 saturated heterocycles. The van der Waals surface area contributed by atoms with Crippen LogP contribution < -0.4 is 10.6 Å². The Morgan fingerprint density at radius 3 is 2.62 bits per heavy atom. The second-order valence-electron chi connectivity index (χ2n) is 5.31. The summed E-state index contributed by atoms with van der Waals surface area (Å²) in [7, 11) is 0. The van der Waals surface area contributed by atoms with Crippen molar-refractivity contribution >= 4 is 11.7 Å². The Labute approximate surface area is 126 Å². The highest BCUT2D eigenvalue weighted by molar-refractivity contribution is 5.89. The molecule has 21 heavy (non-hydrogen) atoms. The monoisotopic (exact) mass is 288 g/mol. The Bertz CT molecular complexity index is 472. The normalized spacial score (nSPS) is 14.6. The standard InChI is InChI=1S/C17H24N2O2/c1-2-3-4-14-5-7-16(8-6-14)19-17(20)18-13-15-9-11-21-12-10-15/h5-8,13H,2-4,9-12H2,1H3,(H2,18,19,20). The molecule has 2 N–H and O–H groups in total. The fraction of sp³-hybridized carbons (Fsp3) is 0.471. The molecule has 1 heterocycles. The lowest BCUT2D eigenvalue weighted by atomic mass is 10.1. The zero-order valence-corrected chi connectivity index (χ0v) is 12.7. The molecule has 1 fully saturated rings. The van der Waals surface area contributed by atoms with Crippen LogP contribution in [0.2, 0.25) is 0 Å². The van der Waals surface area contributed by atoms with Gasteiger partial charge >= 0.3 is 6.03 Å². The molecule has 0 unspecified atom stereocenters. The van der Waals surface area contributed by atoms with Crippen LogP contribution in [0.25, 0.3) is 0 Å². The number of rotatable bonds is 5. The summed E-state index contributed by atoms with van der Waals surface area (Å²) in [6.07, 6.45) is 7.08. The lowest BCUT2D eigenvalue weighted by Gasteiger charge is -2.14. The molecule has 0 saturated carbocycles. The summed E-state index contributed by atoms with van der Waals surface area (Å²) in [5.74, 6) is 0. The Morgan fingerprint density at radius 1 is 1.24 bits per heavy atom. The van der Waals surface area contributed by atoms with Gasteiger partial charge in [-0.15, -0.1) is 0 Å². The number of hydrogen-bond acceptors (Lipinski definition) is 2. The Kier molecular flexibility index (Phi) is 6.28. The zero-order chi connectivity index (χ0) is 14.9. The highest BCUT2D eigenvalue weighted by Gasteiger charge is 2.06. The number of hydrogen-bond donors (Lipinski definition) is 2. The predicted molar refractivity (Wildman–Crippen MR) is 85.3 cm³/mol. The number of unbranched alkanes of at least 4 members (excludes halogenated alkanes) is 1. The van der Waals surface area contributed by atoms with E-state index in [-0.39, 0.29) is 6.03 Å². The van der Waals surface area contributed by atoms with Crippen molar-refractivity contribution in [1.29, 1.82) is 0 Å². The third-order valence-corrected chi connectivity index (χ3v) is 3.57. The van der Waals surface area contributed by atoms with Crippen LogP contribution in [0.15, 0.2) is 36.0 Å². The maximum atomic E-state index is 11.8. The lowest BCUT2D eigenvalue weighted by Crippen LogP contribution is -2.25. The van der Waals surface area contributed by atoms with Crippen molar-refractivity contribution in [3.05, 3.63) is 41.6 Å². The van der Waals surface area contributed by atoms with E-state index in [1.165, 1.54) is 24.0 Å². The van der Waals surface area contributed by atoms with Gasteiger partial charge in [0, 0.05) is 11.9 Å². The molecule has 2 rings (SSSR count). The van der Waals surface area contributed by atoms with E-state index in [2.05, 4.69) is 29.7 Å². The van der Waals surface area contributed by atoms with E-state index in [4.69, 9.17) is 4.74 Å². The molecule has 0 radical (unpaired) electrons. The highest BCUT2D eigenvalue weighted by Crippen LogP contribution is 2.13. The number of benzene rings is 1. The fourth-order valence-corrected chi connectivity index (χ4v) is 2.25. The van der Waals surface area contributed by atoms with Crippen LogP contribution in [0.1, 0.15) is 38.2 Å².